The van der Waals surface area contributed by atoms with Gasteiger partial charge >= 0.3 is 12.2 Å². The number of nitrogens with zero attached hydrogens (tertiary/aromatic N) is 2. The maximum Gasteiger partial charge on any atom is 0.398 e. The molecule has 1 N–H and O–H groups in total. The van der Waals surface area contributed by atoms with E-state index in [9.17, 15) is 26.4 Å². The molecule has 2 aliphatic heterocycles. The summed E-state index contributed by atoms with van der Waals surface area (Å²) in [5, 5.41) is 0. The Bertz CT molecular complexity index is 870. The van der Waals surface area contributed by atoms with Gasteiger partial charge in [0, 0.05) is 32.1 Å². The average molecular weight is 417 g/mol. The third-order valence-corrected chi connectivity index (χ3v) is 6.67. The van der Waals surface area contributed by atoms with Gasteiger partial charge in [0.25, 0.3) is 0 Å². The third-order valence-electron chi connectivity index (χ3n) is 5.91. The first-order chi connectivity index (χ1) is 13.0. The number of alkyl halides is 3. The van der Waals surface area contributed by atoms with Crippen molar-refractivity contribution >= 4 is 16.1 Å². The summed E-state index contributed by atoms with van der Waals surface area (Å²) in [5.41, 5.74) is -0.409. The Morgan fingerprint density at radius 2 is 1.61 bits per heavy atom. The van der Waals surface area contributed by atoms with Crippen molar-refractivity contribution in [2.45, 2.75) is 36.4 Å². The van der Waals surface area contributed by atoms with E-state index in [4.69, 9.17) is 0 Å². The number of carbonyl (C=O) groups excluding carboxylic acids is 1. The minimum atomic E-state index is -4.21. The van der Waals surface area contributed by atoms with Gasteiger partial charge < -0.3 is 9.80 Å². The summed E-state index contributed by atoms with van der Waals surface area (Å²) in [4.78, 5) is 15.6. The van der Waals surface area contributed by atoms with Crippen molar-refractivity contribution in [2.24, 2.45) is 0 Å². The van der Waals surface area contributed by atoms with Gasteiger partial charge in [-0.25, -0.2) is 17.9 Å². The lowest BCUT2D eigenvalue weighted by atomic mass is 9.88. The highest BCUT2D eigenvalue weighted by atomic mass is 32.2. The first-order valence-corrected chi connectivity index (χ1v) is 11.1. The molecular weight excluding hydrogens is 395 g/mol. The zero-order chi connectivity index (χ0) is 20.3. The Kier molecular flexibility index (Phi) is 4.42. The van der Waals surface area contributed by atoms with Gasteiger partial charge in [0.2, 0.25) is 10.0 Å². The van der Waals surface area contributed by atoms with Gasteiger partial charge in [-0.15, -0.1) is 0 Å². The average Bonchev–Trinajstić information content (AvgIpc) is 3.30. The summed E-state index contributed by atoms with van der Waals surface area (Å²) in [6.07, 6.45) is -2.84. The lowest BCUT2D eigenvalue weighted by Gasteiger charge is -2.47. The number of hydrogen-bond acceptors (Lipinski definition) is 3. The van der Waals surface area contributed by atoms with Gasteiger partial charge in [-0.2, -0.15) is 13.2 Å². The van der Waals surface area contributed by atoms with E-state index in [2.05, 4.69) is 4.72 Å². The fourth-order valence-corrected chi connectivity index (χ4v) is 4.75. The van der Waals surface area contributed by atoms with Crippen molar-refractivity contribution in [1.82, 2.24) is 14.5 Å². The topological polar surface area (TPSA) is 69.7 Å². The van der Waals surface area contributed by atoms with E-state index in [0.717, 1.165) is 11.8 Å². The number of halogens is 3. The molecule has 3 fully saturated rings. The summed E-state index contributed by atoms with van der Waals surface area (Å²) in [6, 6.07) is 6.24. The van der Waals surface area contributed by atoms with E-state index in [1.165, 1.54) is 0 Å². The first kappa shape index (κ1) is 19.5. The smallest absolute Gasteiger partial charge is 0.323 e. The van der Waals surface area contributed by atoms with Gasteiger partial charge in [0.05, 0.1) is 17.7 Å². The second-order valence-corrected chi connectivity index (χ2v) is 9.86. The Balaban J connectivity index is 1.28. The van der Waals surface area contributed by atoms with E-state index in [0.29, 0.717) is 31.7 Å². The van der Waals surface area contributed by atoms with Crippen LogP contribution in [0.15, 0.2) is 24.3 Å². The number of hydrogen-bond donors (Lipinski definition) is 1. The van der Waals surface area contributed by atoms with E-state index in [1.807, 2.05) is 0 Å². The number of sulfonamides is 1. The first-order valence-electron chi connectivity index (χ1n) is 9.17. The van der Waals surface area contributed by atoms with Crippen LogP contribution in [0.1, 0.15) is 29.9 Å². The van der Waals surface area contributed by atoms with Crippen molar-refractivity contribution in [3.63, 3.8) is 0 Å². The number of rotatable bonds is 4. The molecule has 154 valence electrons. The molecule has 1 aromatic rings. The maximum absolute atomic E-state index is 13.2. The van der Waals surface area contributed by atoms with Crippen molar-refractivity contribution in [1.29, 1.82) is 0 Å². The van der Waals surface area contributed by atoms with Gasteiger partial charge in [0.15, 0.2) is 0 Å². The minimum Gasteiger partial charge on any atom is -0.323 e. The minimum absolute atomic E-state index is 0.116. The second-order valence-electron chi connectivity index (χ2n) is 8.08. The summed E-state index contributed by atoms with van der Waals surface area (Å²) in [5.74, 6) is 0.116. The highest BCUT2D eigenvalue weighted by Crippen LogP contribution is 2.58. The molecule has 28 heavy (non-hydrogen) atoms. The molecule has 0 bridgehead atoms. The van der Waals surface area contributed by atoms with Crippen LogP contribution in [0.2, 0.25) is 0 Å². The molecule has 1 aliphatic carbocycles. The number of carbonyl (C=O) groups is 1. The Morgan fingerprint density at radius 3 is 2.07 bits per heavy atom. The van der Waals surface area contributed by atoms with Crippen LogP contribution in [0.5, 0.6) is 0 Å². The lowest BCUT2D eigenvalue weighted by molar-refractivity contribution is -0.160. The Morgan fingerprint density at radius 1 is 1.07 bits per heavy atom. The third kappa shape index (κ3) is 3.47. The summed E-state index contributed by atoms with van der Waals surface area (Å²) < 4.78 is 64.4. The van der Waals surface area contributed by atoms with Crippen LogP contribution in [-0.2, 0) is 15.4 Å². The molecule has 2 heterocycles. The van der Waals surface area contributed by atoms with Crippen molar-refractivity contribution in [3.05, 3.63) is 35.4 Å². The van der Waals surface area contributed by atoms with Gasteiger partial charge in [-0.05, 0) is 24.0 Å². The van der Waals surface area contributed by atoms with Gasteiger partial charge in [-0.3, -0.25) is 0 Å². The van der Waals surface area contributed by atoms with Crippen molar-refractivity contribution in [2.75, 3.05) is 32.4 Å². The van der Waals surface area contributed by atoms with Gasteiger partial charge in [-0.1, -0.05) is 24.3 Å². The Hall–Kier alpha value is -1.81. The highest BCUT2D eigenvalue weighted by Gasteiger charge is 2.64. The van der Waals surface area contributed by atoms with Crippen LogP contribution in [0.25, 0.3) is 0 Å². The normalized spacial score (nSPS) is 22.6. The molecular formula is C18H22F3N3O3S. The highest BCUT2D eigenvalue weighted by molar-refractivity contribution is 7.88. The van der Waals surface area contributed by atoms with Crippen molar-refractivity contribution < 1.29 is 26.4 Å². The molecule has 0 radical (unpaired) electrons. The molecule has 4 rings (SSSR count). The lowest BCUT2D eigenvalue weighted by Crippen LogP contribution is -2.65. The molecule has 3 aliphatic rings. The molecule has 0 unspecified atom stereocenters. The molecule has 1 aromatic carbocycles. The standard InChI is InChI=1S/C18H22F3N3O3S/c1-28(26,27)22-15-10-24(11-15)16(25)23-8-13(9-23)12-2-4-14(5-3-12)17(6-7-17)18(19,20)21/h2-5,13,15,22H,6-11H2,1H3. The number of benzene rings is 1. The monoisotopic (exact) mass is 417 g/mol. The summed E-state index contributed by atoms with van der Waals surface area (Å²) in [6.45, 7) is 1.73. The molecule has 0 atom stereocenters. The van der Waals surface area contributed by atoms with Gasteiger partial charge in [0.1, 0.15) is 0 Å². The van der Waals surface area contributed by atoms with Crippen molar-refractivity contribution in [3.8, 4) is 0 Å². The quantitative estimate of drug-likeness (QED) is 0.815. The molecule has 2 saturated heterocycles. The second kappa shape index (κ2) is 6.35. The van der Waals surface area contributed by atoms with Crippen LogP contribution in [0.4, 0.5) is 18.0 Å². The largest absolute Gasteiger partial charge is 0.398 e. The van der Waals surface area contributed by atoms with Crippen LogP contribution in [-0.4, -0.2) is 68.9 Å². The van der Waals surface area contributed by atoms with Crippen LogP contribution >= 0.6 is 0 Å². The molecule has 0 aromatic heterocycles. The van der Waals surface area contributed by atoms with Crippen LogP contribution < -0.4 is 4.72 Å². The van der Waals surface area contributed by atoms with E-state index < -0.39 is 21.6 Å². The molecule has 0 spiro atoms. The predicted molar refractivity (Wildman–Crippen MR) is 96.5 cm³/mol. The fraction of sp³-hybridized carbons (Fsp3) is 0.611. The zero-order valence-electron chi connectivity index (χ0n) is 15.4. The summed E-state index contributed by atoms with van der Waals surface area (Å²) >= 11 is 0. The molecule has 6 nitrogen and oxygen atoms in total. The number of likely N-dealkylation sites (tertiary alicyclic amines) is 2. The Labute approximate surface area is 161 Å². The molecule has 2 amide bonds. The fourth-order valence-electron chi connectivity index (χ4n) is 3.99. The van der Waals surface area contributed by atoms with E-state index in [1.54, 1.807) is 34.1 Å². The van der Waals surface area contributed by atoms with E-state index in [-0.39, 0.29) is 30.8 Å². The maximum atomic E-state index is 13.2. The number of urea groups is 1. The summed E-state index contributed by atoms with van der Waals surface area (Å²) in [7, 11) is -3.28. The van der Waals surface area contributed by atoms with Crippen LogP contribution in [0, 0.1) is 0 Å². The number of amides is 2. The van der Waals surface area contributed by atoms with E-state index >= 15 is 0 Å². The molecule has 1 saturated carbocycles. The molecule has 10 heteroatoms. The zero-order valence-corrected chi connectivity index (χ0v) is 16.2. The van der Waals surface area contributed by atoms with Crippen LogP contribution in [0.3, 0.4) is 0 Å². The SMILES string of the molecule is CS(=O)(=O)NC1CN(C(=O)N2CC(c3ccc(C4(C(F)(F)F)CC4)cc3)C2)C1. The predicted octanol–water partition coefficient (Wildman–Crippen LogP) is 2.03. The number of nitrogens with one attached hydrogen (secondary N) is 1.